The number of aromatic hydroxyl groups is 2. The first-order valence-corrected chi connectivity index (χ1v) is 8.30. The molecule has 2 atom stereocenters. The fourth-order valence-corrected chi connectivity index (χ4v) is 2.85. The summed E-state index contributed by atoms with van der Waals surface area (Å²) >= 11 is 0. The minimum Gasteiger partial charge on any atom is -0.504 e. The van der Waals surface area contributed by atoms with Crippen LogP contribution in [0.1, 0.15) is 28.7 Å². The molecule has 2 unspecified atom stereocenters. The second-order valence-corrected chi connectivity index (χ2v) is 5.91. The minimum atomic E-state index is -1.18. The van der Waals surface area contributed by atoms with E-state index in [-0.39, 0.29) is 35.2 Å². The third-order valence-electron chi connectivity index (χ3n) is 4.28. The molecule has 0 aliphatic rings. The average molecular weight is 376 g/mol. The Hall–Kier alpha value is -2.74. The van der Waals surface area contributed by atoms with Crippen molar-refractivity contribution in [1.82, 2.24) is 0 Å². The van der Waals surface area contributed by atoms with Crippen LogP contribution in [-0.2, 0) is 0 Å². The predicted octanol–water partition coefficient (Wildman–Crippen LogP) is 1.93. The Kier molecular flexibility index (Phi) is 7.06. The highest BCUT2D eigenvalue weighted by Gasteiger charge is 2.27. The molecule has 7 nitrogen and oxygen atoms in total. The number of aliphatic hydroxyl groups excluding tert-OH is 3. The fourth-order valence-electron chi connectivity index (χ4n) is 2.85. The van der Waals surface area contributed by atoms with Gasteiger partial charge in [-0.15, -0.1) is 0 Å². The highest BCUT2D eigenvalue weighted by atomic mass is 16.5. The van der Waals surface area contributed by atoms with Crippen LogP contribution in [0.3, 0.4) is 0 Å². The average Bonchev–Trinajstić information content (AvgIpc) is 2.68. The normalized spacial score (nSPS) is 13.5. The third kappa shape index (κ3) is 4.51. The van der Waals surface area contributed by atoms with Crippen molar-refractivity contribution in [3.63, 3.8) is 0 Å². The summed E-state index contributed by atoms with van der Waals surface area (Å²) in [7, 11) is 2.79. The number of rotatable bonds is 8. The number of hydrogen-bond acceptors (Lipinski definition) is 7. The monoisotopic (exact) mass is 376 g/mol. The van der Waals surface area contributed by atoms with Crippen LogP contribution < -0.4 is 9.47 Å². The number of hydrogen-bond donors (Lipinski definition) is 5. The van der Waals surface area contributed by atoms with Gasteiger partial charge in [0.15, 0.2) is 23.0 Å². The molecule has 0 radical (unpaired) electrons. The lowest BCUT2D eigenvalue weighted by Gasteiger charge is -2.24. The van der Waals surface area contributed by atoms with Gasteiger partial charge in [0, 0.05) is 11.5 Å². The van der Waals surface area contributed by atoms with Crippen LogP contribution in [0.25, 0.3) is 6.08 Å². The van der Waals surface area contributed by atoms with Crippen molar-refractivity contribution in [2.75, 3.05) is 27.4 Å². The quantitative estimate of drug-likeness (QED) is 0.477. The highest BCUT2D eigenvalue weighted by molar-refractivity contribution is 5.60. The Morgan fingerprint density at radius 2 is 1.70 bits per heavy atom. The summed E-state index contributed by atoms with van der Waals surface area (Å²) in [6.07, 6.45) is 1.97. The smallest absolute Gasteiger partial charge is 0.161 e. The zero-order valence-corrected chi connectivity index (χ0v) is 15.2. The Balaban J connectivity index is 2.50. The molecule has 0 saturated heterocycles. The largest absolute Gasteiger partial charge is 0.504 e. The molecule has 2 rings (SSSR count). The summed E-state index contributed by atoms with van der Waals surface area (Å²) in [4.78, 5) is 0. The van der Waals surface area contributed by atoms with Crippen LogP contribution in [0.15, 0.2) is 36.4 Å². The molecule has 2 aromatic carbocycles. The van der Waals surface area contributed by atoms with Crippen LogP contribution in [-0.4, -0.2) is 53.0 Å². The van der Waals surface area contributed by atoms with Crippen LogP contribution in [0.5, 0.6) is 23.0 Å². The zero-order chi connectivity index (χ0) is 20.0. The third-order valence-corrected chi connectivity index (χ3v) is 4.28. The van der Waals surface area contributed by atoms with E-state index in [4.69, 9.17) is 14.6 Å². The molecule has 0 spiro atoms. The van der Waals surface area contributed by atoms with Crippen LogP contribution >= 0.6 is 0 Å². The first-order valence-electron chi connectivity index (χ1n) is 8.30. The molecule has 146 valence electrons. The molecule has 0 aliphatic heterocycles. The predicted molar refractivity (Wildman–Crippen MR) is 100 cm³/mol. The Morgan fingerprint density at radius 3 is 2.30 bits per heavy atom. The Labute approximate surface area is 157 Å². The number of benzene rings is 2. The number of methoxy groups -OCH3 is 2. The van der Waals surface area contributed by atoms with Crippen molar-refractivity contribution in [1.29, 1.82) is 0 Å². The maximum Gasteiger partial charge on any atom is 0.161 e. The Morgan fingerprint density at radius 1 is 1.00 bits per heavy atom. The van der Waals surface area contributed by atoms with Gasteiger partial charge in [-0.05, 0) is 35.4 Å². The van der Waals surface area contributed by atoms with Crippen molar-refractivity contribution in [2.24, 2.45) is 0 Å². The van der Waals surface area contributed by atoms with Gasteiger partial charge >= 0.3 is 0 Å². The molecule has 0 saturated carbocycles. The standard InChI is InChI=1S/C20H24O7/c1-26-17-10-13(5-6-16(17)23)19(24)15(11-22)14-8-12(4-3-7-21)9-18(27-2)20(14)25/h3-6,8-10,15,19,21-25H,7,11H2,1-2H3/b4-3+. The number of aliphatic hydroxyl groups is 3. The first-order chi connectivity index (χ1) is 13.0. The van der Waals surface area contributed by atoms with Gasteiger partial charge in [-0.25, -0.2) is 0 Å². The lowest BCUT2D eigenvalue weighted by atomic mass is 9.87. The number of phenols is 2. The summed E-state index contributed by atoms with van der Waals surface area (Å²) in [5.74, 6) is -0.767. The van der Waals surface area contributed by atoms with Crippen molar-refractivity contribution < 1.29 is 35.0 Å². The van der Waals surface area contributed by atoms with Crippen molar-refractivity contribution in [3.8, 4) is 23.0 Å². The maximum absolute atomic E-state index is 10.8. The van der Waals surface area contributed by atoms with E-state index in [9.17, 15) is 20.4 Å². The first kappa shape index (κ1) is 20.6. The van der Waals surface area contributed by atoms with E-state index in [2.05, 4.69) is 0 Å². The van der Waals surface area contributed by atoms with Gasteiger partial charge in [0.05, 0.1) is 33.5 Å². The summed E-state index contributed by atoms with van der Waals surface area (Å²) in [6.45, 7) is -0.605. The van der Waals surface area contributed by atoms with E-state index in [0.717, 1.165) is 0 Å². The van der Waals surface area contributed by atoms with Gasteiger partial charge in [0.25, 0.3) is 0 Å². The molecule has 0 heterocycles. The topological polar surface area (TPSA) is 120 Å². The van der Waals surface area contributed by atoms with Gasteiger partial charge in [0.1, 0.15) is 0 Å². The molecule has 0 bridgehead atoms. The summed E-state index contributed by atoms with van der Waals surface area (Å²) in [5.41, 5.74) is 1.31. The Bertz CT molecular complexity index is 801. The number of phenolic OH excluding ortho intramolecular Hbond substituents is 2. The summed E-state index contributed by atoms with van der Waals surface area (Å²) in [6, 6.07) is 7.54. The molecule has 0 aromatic heterocycles. The van der Waals surface area contributed by atoms with E-state index >= 15 is 0 Å². The van der Waals surface area contributed by atoms with Crippen LogP contribution in [0.2, 0.25) is 0 Å². The summed E-state index contributed by atoms with van der Waals surface area (Å²) < 4.78 is 10.2. The van der Waals surface area contributed by atoms with E-state index < -0.39 is 18.6 Å². The van der Waals surface area contributed by atoms with E-state index in [0.29, 0.717) is 11.1 Å². The van der Waals surface area contributed by atoms with Crippen LogP contribution in [0.4, 0.5) is 0 Å². The maximum atomic E-state index is 10.8. The highest BCUT2D eigenvalue weighted by Crippen LogP contribution is 2.42. The van der Waals surface area contributed by atoms with Gasteiger partial charge in [-0.1, -0.05) is 18.2 Å². The van der Waals surface area contributed by atoms with Crippen molar-refractivity contribution in [3.05, 3.63) is 53.1 Å². The van der Waals surface area contributed by atoms with Crippen molar-refractivity contribution >= 4 is 6.08 Å². The van der Waals surface area contributed by atoms with Gasteiger partial charge in [-0.3, -0.25) is 0 Å². The SMILES string of the molecule is COc1cc(C(O)C(CO)c2cc(/C=C/CO)cc(OC)c2O)ccc1O. The van der Waals surface area contributed by atoms with Gasteiger partial charge in [0.2, 0.25) is 0 Å². The minimum absolute atomic E-state index is 0.0744. The van der Waals surface area contributed by atoms with E-state index in [1.54, 1.807) is 18.2 Å². The molecular formula is C20H24O7. The van der Waals surface area contributed by atoms with E-state index in [1.165, 1.54) is 38.5 Å². The molecule has 5 N–H and O–H groups in total. The van der Waals surface area contributed by atoms with E-state index in [1.807, 2.05) is 0 Å². The lowest BCUT2D eigenvalue weighted by Crippen LogP contribution is -2.15. The van der Waals surface area contributed by atoms with Gasteiger partial charge < -0.3 is 35.0 Å². The summed E-state index contributed by atoms with van der Waals surface area (Å²) in [5, 5.41) is 49.9. The van der Waals surface area contributed by atoms with Gasteiger partial charge in [-0.2, -0.15) is 0 Å². The second kappa shape index (κ2) is 9.27. The molecule has 0 fully saturated rings. The zero-order valence-electron chi connectivity index (χ0n) is 15.2. The molecule has 2 aromatic rings. The second-order valence-electron chi connectivity index (χ2n) is 5.91. The fraction of sp³-hybridized carbons (Fsp3) is 0.300. The van der Waals surface area contributed by atoms with Crippen molar-refractivity contribution in [2.45, 2.75) is 12.0 Å². The molecule has 0 aliphatic carbocycles. The van der Waals surface area contributed by atoms with Crippen LogP contribution in [0, 0.1) is 0 Å². The number of ether oxygens (including phenoxy) is 2. The molecular weight excluding hydrogens is 352 g/mol. The molecule has 0 amide bonds. The molecule has 27 heavy (non-hydrogen) atoms. The molecule has 7 heteroatoms. The lowest BCUT2D eigenvalue weighted by molar-refractivity contribution is 0.105.